The van der Waals surface area contributed by atoms with Gasteiger partial charge in [-0.15, -0.1) is 11.8 Å². The Morgan fingerprint density at radius 1 is 1.16 bits per heavy atom. The molecule has 1 amide bonds. The predicted molar refractivity (Wildman–Crippen MR) is 110 cm³/mol. The summed E-state index contributed by atoms with van der Waals surface area (Å²) in [6, 6.07) is 6.12. The number of rotatable bonds is 3. The summed E-state index contributed by atoms with van der Waals surface area (Å²) in [6.45, 7) is 2.04. The third kappa shape index (κ3) is 4.73. The first kappa shape index (κ1) is 23.6. The number of nitrogens with zero attached hydrogens (tertiary/aromatic N) is 2. The van der Waals surface area contributed by atoms with Crippen LogP contribution < -0.4 is 4.90 Å². The predicted octanol–water partition coefficient (Wildman–Crippen LogP) is 4.63. The number of benzene rings is 2. The normalized spacial score (nSPS) is 17.4. The topological polar surface area (TPSA) is 57.7 Å². The minimum absolute atomic E-state index is 0.0474. The average molecular weight is 477 g/mol. The molecule has 1 aliphatic rings. The molecule has 1 unspecified atom stereocenters. The molecule has 168 valence electrons. The van der Waals surface area contributed by atoms with Crippen molar-refractivity contribution in [3.63, 3.8) is 0 Å². The highest BCUT2D eigenvalue weighted by Crippen LogP contribution is 2.41. The SMILES string of the molecule is CC1CCN(C(=O)c2ccc(F)c(S(=O)(=O)N(C)C)c2)c2cc(C(F)(F)F)ccc2S1. The summed E-state index contributed by atoms with van der Waals surface area (Å²) in [6.07, 6.45) is -4.08. The summed E-state index contributed by atoms with van der Waals surface area (Å²) in [5.74, 6) is -1.73. The van der Waals surface area contributed by atoms with Gasteiger partial charge in [0, 0.05) is 36.3 Å². The first-order valence-electron chi connectivity index (χ1n) is 9.24. The van der Waals surface area contributed by atoms with E-state index in [2.05, 4.69) is 0 Å². The maximum Gasteiger partial charge on any atom is 0.416 e. The first-order chi connectivity index (χ1) is 14.3. The highest BCUT2D eigenvalue weighted by Gasteiger charge is 2.34. The van der Waals surface area contributed by atoms with Crippen molar-refractivity contribution in [3.05, 3.63) is 53.3 Å². The molecule has 0 radical (unpaired) electrons. The Labute approximate surface area is 182 Å². The molecule has 0 bridgehead atoms. The zero-order valence-electron chi connectivity index (χ0n) is 16.9. The molecule has 3 rings (SSSR count). The molecule has 2 aromatic carbocycles. The van der Waals surface area contributed by atoms with Crippen LogP contribution in [0.4, 0.5) is 23.2 Å². The second-order valence-corrected chi connectivity index (χ2v) is 10.9. The van der Waals surface area contributed by atoms with Crippen LogP contribution in [-0.4, -0.2) is 44.5 Å². The summed E-state index contributed by atoms with van der Waals surface area (Å²) in [5.41, 5.74) is -0.936. The molecule has 2 aromatic rings. The Morgan fingerprint density at radius 2 is 1.84 bits per heavy atom. The van der Waals surface area contributed by atoms with E-state index in [1.807, 2.05) is 6.92 Å². The van der Waals surface area contributed by atoms with Crippen LogP contribution in [0.1, 0.15) is 29.3 Å². The molecular weight excluding hydrogens is 456 g/mol. The van der Waals surface area contributed by atoms with Crippen molar-refractivity contribution in [2.24, 2.45) is 0 Å². The fraction of sp³-hybridized carbons (Fsp3) is 0.350. The monoisotopic (exact) mass is 476 g/mol. The molecule has 0 saturated carbocycles. The fourth-order valence-corrected chi connectivity index (χ4v) is 5.19. The van der Waals surface area contributed by atoms with Gasteiger partial charge in [-0.25, -0.2) is 17.1 Å². The van der Waals surface area contributed by atoms with Crippen molar-refractivity contribution in [3.8, 4) is 0 Å². The number of halogens is 4. The van der Waals surface area contributed by atoms with Gasteiger partial charge in [-0.3, -0.25) is 4.79 Å². The minimum atomic E-state index is -4.59. The number of carbonyl (C=O) groups is 1. The smallest absolute Gasteiger partial charge is 0.307 e. The summed E-state index contributed by atoms with van der Waals surface area (Å²) in [4.78, 5) is 14.3. The van der Waals surface area contributed by atoms with E-state index in [-0.39, 0.29) is 23.0 Å². The van der Waals surface area contributed by atoms with E-state index in [9.17, 15) is 30.8 Å². The Bertz CT molecular complexity index is 1120. The molecule has 0 aliphatic carbocycles. The van der Waals surface area contributed by atoms with Crippen molar-refractivity contribution in [1.29, 1.82) is 0 Å². The standard InChI is InChI=1S/C20H20F4N2O3S2/c1-12-8-9-26(16-11-14(20(22,23)24)5-7-17(16)30-12)19(27)13-4-6-15(21)18(10-13)31(28,29)25(2)3/h4-7,10-12H,8-9H2,1-3H3. The van der Waals surface area contributed by atoms with Crippen LogP contribution in [0.3, 0.4) is 0 Å². The van der Waals surface area contributed by atoms with Crippen molar-refractivity contribution >= 4 is 33.4 Å². The zero-order chi connectivity index (χ0) is 23.1. The lowest BCUT2D eigenvalue weighted by atomic mass is 10.1. The van der Waals surface area contributed by atoms with Gasteiger partial charge in [-0.1, -0.05) is 6.92 Å². The number of amides is 1. The Balaban J connectivity index is 2.11. The molecular formula is C20H20F4N2O3S2. The third-order valence-electron chi connectivity index (χ3n) is 4.85. The molecule has 1 aliphatic heterocycles. The Hall–Kier alpha value is -2.11. The van der Waals surface area contributed by atoms with Crippen LogP contribution >= 0.6 is 11.8 Å². The summed E-state index contributed by atoms with van der Waals surface area (Å²) < 4.78 is 79.6. The summed E-state index contributed by atoms with van der Waals surface area (Å²) in [7, 11) is -1.71. The van der Waals surface area contributed by atoms with Crippen LogP contribution in [0.5, 0.6) is 0 Å². The van der Waals surface area contributed by atoms with Gasteiger partial charge in [0.15, 0.2) is 0 Å². The van der Waals surface area contributed by atoms with Crippen LogP contribution in [0, 0.1) is 5.82 Å². The van der Waals surface area contributed by atoms with E-state index in [4.69, 9.17) is 0 Å². The van der Waals surface area contributed by atoms with Gasteiger partial charge in [-0.05, 0) is 42.8 Å². The van der Waals surface area contributed by atoms with Crippen molar-refractivity contribution < 1.29 is 30.8 Å². The Morgan fingerprint density at radius 3 is 2.45 bits per heavy atom. The van der Waals surface area contributed by atoms with E-state index in [1.54, 1.807) is 0 Å². The van der Waals surface area contributed by atoms with Crippen LogP contribution in [0.25, 0.3) is 0 Å². The molecule has 11 heteroatoms. The zero-order valence-corrected chi connectivity index (χ0v) is 18.5. The lowest BCUT2D eigenvalue weighted by Crippen LogP contribution is -2.33. The van der Waals surface area contributed by atoms with Crippen LogP contribution in [-0.2, 0) is 16.2 Å². The van der Waals surface area contributed by atoms with Gasteiger partial charge < -0.3 is 4.90 Å². The first-order valence-corrected chi connectivity index (χ1v) is 11.6. The largest absolute Gasteiger partial charge is 0.416 e. The molecule has 0 N–H and O–H groups in total. The second kappa shape index (κ2) is 8.44. The second-order valence-electron chi connectivity index (χ2n) is 7.29. The maximum atomic E-state index is 14.2. The number of thioether (sulfide) groups is 1. The van der Waals surface area contributed by atoms with Gasteiger partial charge in [-0.2, -0.15) is 13.2 Å². The van der Waals surface area contributed by atoms with E-state index in [0.717, 1.165) is 34.6 Å². The van der Waals surface area contributed by atoms with Gasteiger partial charge in [0.05, 0.1) is 11.3 Å². The van der Waals surface area contributed by atoms with Crippen molar-refractivity contribution in [1.82, 2.24) is 4.31 Å². The summed E-state index contributed by atoms with van der Waals surface area (Å²) >= 11 is 1.36. The molecule has 0 aromatic heterocycles. The lowest BCUT2D eigenvalue weighted by molar-refractivity contribution is -0.137. The van der Waals surface area contributed by atoms with Gasteiger partial charge in [0.2, 0.25) is 10.0 Å². The molecule has 0 spiro atoms. The van der Waals surface area contributed by atoms with Crippen molar-refractivity contribution in [2.75, 3.05) is 25.5 Å². The molecule has 5 nitrogen and oxygen atoms in total. The van der Waals surface area contributed by atoms with Crippen molar-refractivity contribution in [2.45, 2.75) is 34.6 Å². The lowest BCUT2D eigenvalue weighted by Gasteiger charge is -2.24. The van der Waals surface area contributed by atoms with E-state index in [0.29, 0.717) is 11.3 Å². The molecule has 31 heavy (non-hydrogen) atoms. The number of anilines is 1. The summed E-state index contributed by atoms with van der Waals surface area (Å²) in [5, 5.41) is 0.0474. The van der Waals surface area contributed by atoms with E-state index < -0.39 is 38.4 Å². The third-order valence-corrected chi connectivity index (χ3v) is 7.91. The molecule has 0 saturated heterocycles. The van der Waals surface area contributed by atoms with Gasteiger partial charge in [0.1, 0.15) is 10.7 Å². The minimum Gasteiger partial charge on any atom is -0.307 e. The molecule has 0 fully saturated rings. The Kier molecular flexibility index (Phi) is 6.41. The van der Waals surface area contributed by atoms with E-state index >= 15 is 0 Å². The molecule has 1 heterocycles. The van der Waals surface area contributed by atoms with Gasteiger partial charge in [0.25, 0.3) is 5.91 Å². The number of sulfonamides is 1. The number of hydrogen-bond donors (Lipinski definition) is 0. The van der Waals surface area contributed by atoms with Crippen LogP contribution in [0.2, 0.25) is 0 Å². The highest BCUT2D eigenvalue weighted by molar-refractivity contribution is 8.00. The van der Waals surface area contributed by atoms with Gasteiger partial charge >= 0.3 is 6.18 Å². The maximum absolute atomic E-state index is 14.2. The highest BCUT2D eigenvalue weighted by atomic mass is 32.2. The molecule has 1 atom stereocenters. The number of fused-ring (bicyclic) bond motifs is 1. The van der Waals surface area contributed by atoms with Crippen LogP contribution in [0.15, 0.2) is 46.2 Å². The number of carbonyl (C=O) groups excluding carboxylic acids is 1. The average Bonchev–Trinajstić information content (AvgIpc) is 2.84. The number of alkyl halides is 3. The quantitative estimate of drug-likeness (QED) is 0.607. The fourth-order valence-electron chi connectivity index (χ4n) is 3.11. The number of hydrogen-bond acceptors (Lipinski definition) is 4. The van der Waals surface area contributed by atoms with E-state index in [1.165, 1.54) is 36.8 Å².